The van der Waals surface area contributed by atoms with Crippen LogP contribution in [-0.4, -0.2) is 28.5 Å². The normalized spacial score (nSPS) is 14.8. The maximum atomic E-state index is 13.2. The Hall–Kier alpha value is -3.55. The van der Waals surface area contributed by atoms with Crippen molar-refractivity contribution in [2.75, 3.05) is 18.6 Å². The van der Waals surface area contributed by atoms with E-state index in [1.165, 1.54) is 11.8 Å². The van der Waals surface area contributed by atoms with E-state index in [2.05, 4.69) is 22.9 Å². The highest BCUT2D eigenvalue weighted by atomic mass is 32.2. The van der Waals surface area contributed by atoms with Crippen LogP contribution in [0.4, 0.5) is 5.69 Å². The van der Waals surface area contributed by atoms with Gasteiger partial charge in [0.05, 0.1) is 24.3 Å². The summed E-state index contributed by atoms with van der Waals surface area (Å²) in [5, 5.41) is 1.10. The Labute approximate surface area is 214 Å². The topological polar surface area (TPSA) is 43.7 Å². The first kappa shape index (κ1) is 23.2. The number of thiocarbonyl (C=S) groups is 1. The molecule has 0 atom stereocenters. The molecule has 5 rings (SSSR count). The van der Waals surface area contributed by atoms with Gasteiger partial charge >= 0.3 is 0 Å². The van der Waals surface area contributed by atoms with E-state index in [0.717, 1.165) is 46.6 Å². The number of hydrogen-bond donors (Lipinski definition) is 0. The summed E-state index contributed by atoms with van der Waals surface area (Å²) >= 11 is 6.86. The van der Waals surface area contributed by atoms with Gasteiger partial charge in [0.15, 0.2) is 15.8 Å². The van der Waals surface area contributed by atoms with Gasteiger partial charge in [-0.1, -0.05) is 72.5 Å². The van der Waals surface area contributed by atoms with Crippen molar-refractivity contribution in [3.63, 3.8) is 0 Å². The maximum Gasteiger partial charge on any atom is 0.270 e. The maximum absolute atomic E-state index is 13.2. The van der Waals surface area contributed by atoms with Crippen LogP contribution >= 0.6 is 24.0 Å². The van der Waals surface area contributed by atoms with Crippen LogP contribution in [0.15, 0.2) is 90.0 Å². The minimum absolute atomic E-state index is 0.0896. The summed E-state index contributed by atoms with van der Waals surface area (Å²) in [7, 11) is 1.64. The number of aryl methyl sites for hydroxylation is 1. The molecule has 7 heteroatoms. The molecular weight excluding hydrogens is 476 g/mol. The molecule has 2 heterocycles. The molecule has 1 aliphatic rings. The Morgan fingerprint density at radius 1 is 0.943 bits per heavy atom. The summed E-state index contributed by atoms with van der Waals surface area (Å²) in [4.78, 5) is 15.4. The van der Waals surface area contributed by atoms with Gasteiger partial charge in [0.2, 0.25) is 0 Å². The van der Waals surface area contributed by atoms with Crippen molar-refractivity contribution in [2.24, 2.45) is 0 Å². The van der Waals surface area contributed by atoms with Crippen LogP contribution < -0.4 is 14.4 Å². The lowest BCUT2D eigenvalue weighted by Crippen LogP contribution is -2.27. The zero-order valence-electron chi connectivity index (χ0n) is 19.2. The van der Waals surface area contributed by atoms with Crippen molar-refractivity contribution >= 4 is 56.9 Å². The van der Waals surface area contributed by atoms with Crippen molar-refractivity contribution in [1.82, 2.24) is 4.57 Å². The summed E-state index contributed by atoms with van der Waals surface area (Å²) in [6, 6.07) is 25.4. The van der Waals surface area contributed by atoms with Gasteiger partial charge in [-0.15, -0.1) is 0 Å². The first-order chi connectivity index (χ1) is 17.2. The summed E-state index contributed by atoms with van der Waals surface area (Å²) in [5.41, 5.74) is 2.91. The SMILES string of the molecule is COc1ccccc1OCCCn1cc(/C=C2\SC(=S)N(c3ccccc3)C2=O)c2ccccc21. The van der Waals surface area contributed by atoms with Gasteiger partial charge in [-0.05, 0) is 42.8 Å². The Balaban J connectivity index is 1.34. The standard InChI is InChI=1S/C28H24N2O3S2/c1-32-24-14-7-8-15-25(24)33-17-9-16-29-19-20(22-12-5-6-13-23(22)29)18-26-27(31)30(28(34)35-26)21-10-3-2-4-11-21/h2-8,10-15,18-19H,9,16-17H2,1H3/b26-18-. The van der Waals surface area contributed by atoms with Gasteiger partial charge < -0.3 is 14.0 Å². The molecule has 3 aromatic carbocycles. The fourth-order valence-electron chi connectivity index (χ4n) is 4.14. The average Bonchev–Trinajstić information content (AvgIpc) is 3.38. The van der Waals surface area contributed by atoms with E-state index >= 15 is 0 Å². The molecule has 0 spiro atoms. The molecule has 176 valence electrons. The van der Waals surface area contributed by atoms with E-state index in [4.69, 9.17) is 21.7 Å². The van der Waals surface area contributed by atoms with E-state index in [1.54, 1.807) is 12.0 Å². The monoisotopic (exact) mass is 500 g/mol. The molecule has 0 bridgehead atoms. The van der Waals surface area contributed by atoms with Gasteiger partial charge in [0.1, 0.15) is 0 Å². The number of amides is 1. The lowest BCUT2D eigenvalue weighted by atomic mass is 10.1. The number of carbonyl (C=O) groups excluding carboxylic acids is 1. The fraction of sp³-hybridized carbons (Fsp3) is 0.143. The Morgan fingerprint density at radius 2 is 1.66 bits per heavy atom. The molecule has 5 nitrogen and oxygen atoms in total. The second-order valence-corrected chi connectivity index (χ2v) is 9.68. The van der Waals surface area contributed by atoms with Crippen LogP contribution in [-0.2, 0) is 11.3 Å². The number of methoxy groups -OCH3 is 1. The van der Waals surface area contributed by atoms with Crippen molar-refractivity contribution in [2.45, 2.75) is 13.0 Å². The van der Waals surface area contributed by atoms with Crippen LogP contribution in [0, 0.1) is 0 Å². The second-order valence-electron chi connectivity index (χ2n) is 8.00. The highest BCUT2D eigenvalue weighted by Crippen LogP contribution is 2.37. The highest BCUT2D eigenvalue weighted by Gasteiger charge is 2.33. The molecule has 1 amide bonds. The third-order valence-electron chi connectivity index (χ3n) is 5.78. The minimum Gasteiger partial charge on any atom is -0.493 e. The zero-order chi connectivity index (χ0) is 24.2. The van der Waals surface area contributed by atoms with Gasteiger partial charge in [0, 0.05) is 29.2 Å². The van der Waals surface area contributed by atoms with Crippen LogP contribution in [0.1, 0.15) is 12.0 Å². The van der Waals surface area contributed by atoms with Crippen molar-refractivity contribution in [1.29, 1.82) is 0 Å². The molecule has 1 aromatic heterocycles. The molecule has 0 unspecified atom stereocenters. The lowest BCUT2D eigenvalue weighted by Gasteiger charge is -2.13. The van der Waals surface area contributed by atoms with Crippen LogP contribution in [0.3, 0.4) is 0 Å². The third kappa shape index (κ3) is 4.83. The van der Waals surface area contributed by atoms with Crippen molar-refractivity contribution < 1.29 is 14.3 Å². The van der Waals surface area contributed by atoms with E-state index in [1.807, 2.05) is 72.8 Å². The molecule has 35 heavy (non-hydrogen) atoms. The Morgan fingerprint density at radius 3 is 2.46 bits per heavy atom. The van der Waals surface area contributed by atoms with Crippen LogP contribution in [0.2, 0.25) is 0 Å². The van der Waals surface area contributed by atoms with E-state index < -0.39 is 0 Å². The number of nitrogens with zero attached hydrogens (tertiary/aromatic N) is 2. The molecule has 0 aliphatic carbocycles. The molecule has 1 fully saturated rings. The number of fused-ring (bicyclic) bond motifs is 1. The van der Waals surface area contributed by atoms with Crippen LogP contribution in [0.5, 0.6) is 11.5 Å². The zero-order valence-corrected chi connectivity index (χ0v) is 20.9. The number of aromatic nitrogens is 1. The Bertz CT molecular complexity index is 1410. The molecule has 0 saturated carbocycles. The summed E-state index contributed by atoms with van der Waals surface area (Å²) in [6.07, 6.45) is 4.88. The number of rotatable bonds is 8. The van der Waals surface area contributed by atoms with E-state index in [-0.39, 0.29) is 5.91 Å². The first-order valence-electron chi connectivity index (χ1n) is 11.3. The number of para-hydroxylation sites is 4. The van der Waals surface area contributed by atoms with Crippen LogP contribution in [0.25, 0.3) is 17.0 Å². The largest absolute Gasteiger partial charge is 0.493 e. The van der Waals surface area contributed by atoms with Gasteiger partial charge in [-0.3, -0.25) is 9.69 Å². The summed E-state index contributed by atoms with van der Waals surface area (Å²) in [5.74, 6) is 1.38. The highest BCUT2D eigenvalue weighted by molar-refractivity contribution is 8.27. The van der Waals surface area contributed by atoms with E-state index in [0.29, 0.717) is 15.8 Å². The minimum atomic E-state index is -0.0896. The van der Waals surface area contributed by atoms with Crippen molar-refractivity contribution in [3.05, 3.63) is 95.5 Å². The fourth-order valence-corrected chi connectivity index (χ4v) is 5.43. The smallest absolute Gasteiger partial charge is 0.270 e. The molecule has 0 radical (unpaired) electrons. The Kier molecular flexibility index (Phi) is 6.88. The quantitative estimate of drug-likeness (QED) is 0.156. The summed E-state index contributed by atoms with van der Waals surface area (Å²) < 4.78 is 14.1. The second kappa shape index (κ2) is 10.4. The molecule has 1 saturated heterocycles. The predicted octanol–water partition coefficient (Wildman–Crippen LogP) is 6.52. The molecular formula is C28H24N2O3S2. The predicted molar refractivity (Wildman–Crippen MR) is 147 cm³/mol. The van der Waals surface area contributed by atoms with Gasteiger partial charge in [-0.25, -0.2) is 0 Å². The lowest BCUT2D eigenvalue weighted by molar-refractivity contribution is -0.113. The number of anilines is 1. The number of ether oxygens (including phenoxy) is 2. The summed E-state index contributed by atoms with van der Waals surface area (Å²) in [6.45, 7) is 1.35. The van der Waals surface area contributed by atoms with E-state index in [9.17, 15) is 4.79 Å². The number of carbonyl (C=O) groups is 1. The number of hydrogen-bond acceptors (Lipinski definition) is 5. The van der Waals surface area contributed by atoms with Gasteiger partial charge in [-0.2, -0.15) is 0 Å². The molecule has 0 N–H and O–H groups in total. The van der Waals surface area contributed by atoms with Gasteiger partial charge in [0.25, 0.3) is 5.91 Å². The first-order valence-corrected chi connectivity index (χ1v) is 12.5. The number of benzene rings is 3. The average molecular weight is 501 g/mol. The molecule has 1 aliphatic heterocycles. The number of thioether (sulfide) groups is 1. The van der Waals surface area contributed by atoms with Crippen molar-refractivity contribution in [3.8, 4) is 11.5 Å². The third-order valence-corrected chi connectivity index (χ3v) is 7.09. The molecule has 4 aromatic rings.